The zero-order valence-corrected chi connectivity index (χ0v) is 14.0. The molecule has 2 amide bonds. The van der Waals surface area contributed by atoms with Gasteiger partial charge in [-0.2, -0.15) is 13.2 Å². The number of carbonyl (C=O) groups is 2. The summed E-state index contributed by atoms with van der Waals surface area (Å²) in [7, 11) is 0. The van der Waals surface area contributed by atoms with Crippen molar-refractivity contribution in [3.63, 3.8) is 0 Å². The van der Waals surface area contributed by atoms with Gasteiger partial charge in [0.15, 0.2) is 0 Å². The van der Waals surface area contributed by atoms with Gasteiger partial charge in [-0.3, -0.25) is 14.9 Å². The van der Waals surface area contributed by atoms with Crippen LogP contribution in [0.4, 0.5) is 17.6 Å². The Morgan fingerprint density at radius 1 is 1.31 bits per heavy atom. The summed E-state index contributed by atoms with van der Waals surface area (Å²) in [6.45, 7) is 1.54. The van der Waals surface area contributed by atoms with Gasteiger partial charge in [-0.05, 0) is 43.4 Å². The first-order chi connectivity index (χ1) is 12.1. The van der Waals surface area contributed by atoms with Gasteiger partial charge in [-0.15, -0.1) is 0 Å². The predicted octanol–water partition coefficient (Wildman–Crippen LogP) is 2.24. The fraction of sp³-hybridized carbons (Fsp3) is 0.529. The summed E-state index contributed by atoms with van der Waals surface area (Å²) in [6, 6.07) is 1.12. The number of benzene rings is 1. The lowest BCUT2D eigenvalue weighted by Gasteiger charge is -2.31. The van der Waals surface area contributed by atoms with E-state index in [2.05, 4.69) is 16.0 Å². The summed E-state index contributed by atoms with van der Waals surface area (Å²) in [5.74, 6) is -1.75. The lowest BCUT2D eigenvalue weighted by Crippen LogP contribution is -2.61. The van der Waals surface area contributed by atoms with Crippen molar-refractivity contribution in [3.05, 3.63) is 35.1 Å². The molecule has 0 bridgehead atoms. The van der Waals surface area contributed by atoms with Crippen molar-refractivity contribution in [2.24, 2.45) is 5.92 Å². The maximum absolute atomic E-state index is 13.7. The molecule has 3 N–H and O–H groups in total. The van der Waals surface area contributed by atoms with E-state index in [0.717, 1.165) is 25.0 Å². The molecule has 0 radical (unpaired) electrons. The van der Waals surface area contributed by atoms with Crippen molar-refractivity contribution >= 4 is 11.8 Å². The molecule has 1 aliphatic carbocycles. The highest BCUT2D eigenvalue weighted by molar-refractivity contribution is 5.89. The predicted molar refractivity (Wildman–Crippen MR) is 84.2 cm³/mol. The van der Waals surface area contributed by atoms with Gasteiger partial charge in [0.05, 0.1) is 30.2 Å². The lowest BCUT2D eigenvalue weighted by molar-refractivity contribution is -0.140. The van der Waals surface area contributed by atoms with E-state index in [9.17, 15) is 27.2 Å². The average Bonchev–Trinajstić information content (AvgIpc) is 3.37. The average molecular weight is 373 g/mol. The van der Waals surface area contributed by atoms with Crippen LogP contribution in [0.1, 0.15) is 43.4 Å². The molecule has 1 saturated carbocycles. The summed E-state index contributed by atoms with van der Waals surface area (Å²) in [4.78, 5) is 24.2. The molecule has 1 saturated heterocycles. The molecular formula is C17H19F4N3O2. The standard InChI is InChI=1S/C17H19F4N3O2/c1-8(10-4-5-11(12(18)6-10)17(19,20)21)22-16(26)13-7-14(25)24-15(23-13)9-2-3-9/h4-6,8-9,13,15,23H,2-3,7H2,1H3,(H,22,26)(H,24,25)/t8-,13?,15?/m1/s1. The zero-order chi connectivity index (χ0) is 19.1. The van der Waals surface area contributed by atoms with E-state index in [1.54, 1.807) is 6.92 Å². The molecule has 3 atom stereocenters. The molecule has 142 valence electrons. The first kappa shape index (κ1) is 18.6. The Labute approximate surface area is 147 Å². The third kappa shape index (κ3) is 4.14. The first-order valence-corrected chi connectivity index (χ1v) is 8.37. The summed E-state index contributed by atoms with van der Waals surface area (Å²) >= 11 is 0. The van der Waals surface area contributed by atoms with Crippen LogP contribution in [0.3, 0.4) is 0 Å². The minimum absolute atomic E-state index is 0.0247. The van der Waals surface area contributed by atoms with Crippen LogP contribution >= 0.6 is 0 Å². The fourth-order valence-corrected chi connectivity index (χ4v) is 3.01. The number of amides is 2. The molecule has 0 aromatic heterocycles. The van der Waals surface area contributed by atoms with E-state index in [-0.39, 0.29) is 24.1 Å². The van der Waals surface area contributed by atoms with Crippen molar-refractivity contribution in [1.82, 2.24) is 16.0 Å². The molecule has 1 aromatic carbocycles. The van der Waals surface area contributed by atoms with E-state index in [1.165, 1.54) is 0 Å². The number of halogens is 4. The van der Waals surface area contributed by atoms with Gasteiger partial charge in [-0.25, -0.2) is 4.39 Å². The number of alkyl halides is 3. The van der Waals surface area contributed by atoms with Gasteiger partial charge in [0, 0.05) is 0 Å². The summed E-state index contributed by atoms with van der Waals surface area (Å²) < 4.78 is 51.6. The highest BCUT2D eigenvalue weighted by Gasteiger charge is 2.39. The highest BCUT2D eigenvalue weighted by Crippen LogP contribution is 2.33. The minimum atomic E-state index is -4.77. The lowest BCUT2D eigenvalue weighted by atomic mass is 10.0. The Morgan fingerprint density at radius 2 is 2.00 bits per heavy atom. The second-order valence-electron chi connectivity index (χ2n) is 6.77. The van der Waals surface area contributed by atoms with Crippen LogP contribution in [0.2, 0.25) is 0 Å². The van der Waals surface area contributed by atoms with Crippen molar-refractivity contribution in [1.29, 1.82) is 0 Å². The van der Waals surface area contributed by atoms with Gasteiger partial charge in [0.1, 0.15) is 5.82 Å². The SMILES string of the molecule is C[C@@H](NC(=O)C1CC(=O)NC(C2CC2)N1)c1ccc(C(F)(F)F)c(F)c1. The quantitative estimate of drug-likeness (QED) is 0.709. The molecule has 5 nitrogen and oxygen atoms in total. The molecule has 1 heterocycles. The third-order valence-corrected chi connectivity index (χ3v) is 4.65. The molecule has 26 heavy (non-hydrogen) atoms. The molecule has 3 rings (SSSR count). The number of hydrogen-bond acceptors (Lipinski definition) is 3. The minimum Gasteiger partial charge on any atom is -0.348 e. The van der Waals surface area contributed by atoms with Crippen LogP contribution in [-0.4, -0.2) is 24.0 Å². The Bertz CT molecular complexity index is 718. The van der Waals surface area contributed by atoms with Gasteiger partial charge in [0.25, 0.3) is 0 Å². The Balaban J connectivity index is 1.65. The second-order valence-corrected chi connectivity index (χ2v) is 6.77. The van der Waals surface area contributed by atoms with Crippen LogP contribution < -0.4 is 16.0 Å². The van der Waals surface area contributed by atoms with Crippen molar-refractivity contribution in [3.8, 4) is 0 Å². The van der Waals surface area contributed by atoms with E-state index >= 15 is 0 Å². The maximum Gasteiger partial charge on any atom is 0.419 e. The van der Waals surface area contributed by atoms with Crippen LogP contribution in [-0.2, 0) is 15.8 Å². The molecule has 0 spiro atoms. The summed E-state index contributed by atoms with van der Waals surface area (Å²) in [5.41, 5.74) is -1.14. The largest absolute Gasteiger partial charge is 0.419 e. The highest BCUT2D eigenvalue weighted by atomic mass is 19.4. The van der Waals surface area contributed by atoms with Crippen LogP contribution in [0, 0.1) is 11.7 Å². The fourth-order valence-electron chi connectivity index (χ4n) is 3.01. The smallest absolute Gasteiger partial charge is 0.348 e. The molecule has 1 aliphatic heterocycles. The van der Waals surface area contributed by atoms with Crippen LogP contribution in [0.15, 0.2) is 18.2 Å². The van der Waals surface area contributed by atoms with Crippen molar-refractivity contribution in [2.45, 2.75) is 50.6 Å². The normalized spacial score (nSPS) is 24.7. The Hall–Kier alpha value is -2.16. The van der Waals surface area contributed by atoms with E-state index in [1.807, 2.05) is 0 Å². The molecule has 9 heteroatoms. The number of hydrogen-bond donors (Lipinski definition) is 3. The summed E-state index contributed by atoms with van der Waals surface area (Å²) in [6.07, 6.45) is -3.08. The summed E-state index contributed by atoms with van der Waals surface area (Å²) in [5, 5.41) is 8.49. The molecular weight excluding hydrogens is 354 g/mol. The van der Waals surface area contributed by atoms with Gasteiger partial charge >= 0.3 is 6.18 Å². The van der Waals surface area contributed by atoms with E-state index in [0.29, 0.717) is 12.0 Å². The molecule has 2 fully saturated rings. The zero-order valence-electron chi connectivity index (χ0n) is 14.0. The van der Waals surface area contributed by atoms with Gasteiger partial charge < -0.3 is 10.6 Å². The topological polar surface area (TPSA) is 70.2 Å². The Morgan fingerprint density at radius 3 is 2.58 bits per heavy atom. The Kier molecular flexibility index (Phi) is 4.92. The van der Waals surface area contributed by atoms with E-state index < -0.39 is 35.5 Å². The molecule has 2 unspecified atom stereocenters. The van der Waals surface area contributed by atoms with E-state index in [4.69, 9.17) is 0 Å². The first-order valence-electron chi connectivity index (χ1n) is 8.37. The second kappa shape index (κ2) is 6.86. The maximum atomic E-state index is 13.7. The number of rotatable bonds is 4. The van der Waals surface area contributed by atoms with Crippen molar-refractivity contribution in [2.75, 3.05) is 0 Å². The number of nitrogens with one attached hydrogen (secondary N) is 3. The number of carbonyl (C=O) groups excluding carboxylic acids is 2. The molecule has 1 aromatic rings. The monoisotopic (exact) mass is 373 g/mol. The van der Waals surface area contributed by atoms with Crippen LogP contribution in [0.5, 0.6) is 0 Å². The molecule has 2 aliphatic rings. The third-order valence-electron chi connectivity index (χ3n) is 4.65. The van der Waals surface area contributed by atoms with Crippen molar-refractivity contribution < 1.29 is 27.2 Å². The van der Waals surface area contributed by atoms with Crippen LogP contribution in [0.25, 0.3) is 0 Å². The van der Waals surface area contributed by atoms with Gasteiger partial charge in [0.2, 0.25) is 11.8 Å². The van der Waals surface area contributed by atoms with Gasteiger partial charge in [-0.1, -0.05) is 6.07 Å².